The molecule has 1 aromatic heterocycles. The molecule has 0 aliphatic carbocycles. The van der Waals surface area contributed by atoms with Gasteiger partial charge in [0.25, 0.3) is 0 Å². The van der Waals surface area contributed by atoms with Crippen LogP contribution in [0, 0.1) is 0 Å². The zero-order valence-corrected chi connectivity index (χ0v) is 8.79. The Balaban J connectivity index is 2.36. The van der Waals surface area contributed by atoms with Crippen molar-refractivity contribution >= 4 is 5.91 Å². The first-order valence-corrected chi connectivity index (χ1v) is 4.95. The number of rotatable bonds is 6. The summed E-state index contributed by atoms with van der Waals surface area (Å²) in [5, 5.41) is 0. The fourth-order valence-electron chi connectivity index (χ4n) is 1.07. The second kappa shape index (κ2) is 6.21. The van der Waals surface area contributed by atoms with E-state index in [2.05, 4.69) is 6.92 Å². The molecule has 0 aromatic carbocycles. The third kappa shape index (κ3) is 3.73. The van der Waals surface area contributed by atoms with E-state index in [4.69, 9.17) is 15.0 Å². The van der Waals surface area contributed by atoms with E-state index in [1.54, 1.807) is 12.1 Å². The largest absolute Gasteiger partial charge is 0.453 e. The van der Waals surface area contributed by atoms with Crippen molar-refractivity contribution in [2.24, 2.45) is 5.84 Å². The van der Waals surface area contributed by atoms with E-state index in [-0.39, 0.29) is 5.76 Å². The van der Waals surface area contributed by atoms with Crippen molar-refractivity contribution in [1.29, 1.82) is 0 Å². The Labute approximate surface area is 88.6 Å². The molecular formula is C10H16N2O3. The number of nitrogens with two attached hydrogens (primary N) is 1. The van der Waals surface area contributed by atoms with Crippen LogP contribution in [0.25, 0.3) is 0 Å². The molecule has 0 spiro atoms. The van der Waals surface area contributed by atoms with Gasteiger partial charge in [0.1, 0.15) is 12.4 Å². The van der Waals surface area contributed by atoms with Gasteiger partial charge in [-0.05, 0) is 18.6 Å². The standard InChI is InChI=1S/C10H16N2O3/c1-2-3-6-14-7-8-4-5-9(15-8)10(13)12-11/h4-5H,2-3,6-7,11H2,1H3,(H,12,13). The van der Waals surface area contributed by atoms with Gasteiger partial charge in [0.15, 0.2) is 5.76 Å². The number of carbonyl (C=O) groups is 1. The summed E-state index contributed by atoms with van der Waals surface area (Å²) in [6.07, 6.45) is 2.12. The van der Waals surface area contributed by atoms with E-state index in [1.165, 1.54) is 0 Å². The molecule has 84 valence electrons. The highest BCUT2D eigenvalue weighted by atomic mass is 16.5. The Morgan fingerprint density at radius 3 is 3.07 bits per heavy atom. The summed E-state index contributed by atoms with van der Waals surface area (Å²) in [5.41, 5.74) is 2.00. The average Bonchev–Trinajstić information content (AvgIpc) is 2.72. The lowest BCUT2D eigenvalue weighted by molar-refractivity contribution is 0.0891. The number of hydrogen-bond donors (Lipinski definition) is 2. The summed E-state index contributed by atoms with van der Waals surface area (Å²) in [6, 6.07) is 3.28. The molecule has 0 aliphatic heterocycles. The summed E-state index contributed by atoms with van der Waals surface area (Å²) >= 11 is 0. The summed E-state index contributed by atoms with van der Waals surface area (Å²) in [7, 11) is 0. The first-order valence-electron chi connectivity index (χ1n) is 4.95. The summed E-state index contributed by atoms with van der Waals surface area (Å²) in [6.45, 7) is 3.19. The Morgan fingerprint density at radius 2 is 2.40 bits per heavy atom. The molecule has 1 amide bonds. The van der Waals surface area contributed by atoms with Gasteiger partial charge in [-0.15, -0.1) is 0 Å². The Bertz CT molecular complexity index is 309. The lowest BCUT2D eigenvalue weighted by Gasteiger charge is -1.99. The molecular weight excluding hydrogens is 196 g/mol. The highest BCUT2D eigenvalue weighted by Crippen LogP contribution is 2.08. The lowest BCUT2D eigenvalue weighted by atomic mass is 10.4. The molecule has 1 heterocycles. The molecule has 1 rings (SSSR count). The van der Waals surface area contributed by atoms with Gasteiger partial charge in [-0.1, -0.05) is 13.3 Å². The van der Waals surface area contributed by atoms with Crippen LogP contribution in [0.5, 0.6) is 0 Å². The van der Waals surface area contributed by atoms with Crippen molar-refractivity contribution in [1.82, 2.24) is 5.43 Å². The maximum absolute atomic E-state index is 11.0. The fourth-order valence-corrected chi connectivity index (χ4v) is 1.07. The third-order valence-corrected chi connectivity index (χ3v) is 1.90. The predicted molar refractivity (Wildman–Crippen MR) is 54.9 cm³/mol. The Hall–Kier alpha value is -1.33. The van der Waals surface area contributed by atoms with Gasteiger partial charge < -0.3 is 9.15 Å². The van der Waals surface area contributed by atoms with Crippen LogP contribution in [-0.4, -0.2) is 12.5 Å². The smallest absolute Gasteiger partial charge is 0.300 e. The maximum atomic E-state index is 11.0. The van der Waals surface area contributed by atoms with Crippen LogP contribution in [-0.2, 0) is 11.3 Å². The quantitative estimate of drug-likeness (QED) is 0.321. The second-order valence-electron chi connectivity index (χ2n) is 3.15. The number of carbonyl (C=O) groups excluding carboxylic acids is 1. The van der Waals surface area contributed by atoms with Gasteiger partial charge in [0.05, 0.1) is 0 Å². The molecule has 0 fully saturated rings. The number of hydrazine groups is 1. The molecule has 0 radical (unpaired) electrons. The van der Waals surface area contributed by atoms with Crippen molar-refractivity contribution in [2.45, 2.75) is 26.4 Å². The molecule has 0 aliphatic rings. The number of ether oxygens (including phenoxy) is 1. The molecule has 5 heteroatoms. The lowest BCUT2D eigenvalue weighted by Crippen LogP contribution is -2.29. The Morgan fingerprint density at radius 1 is 1.60 bits per heavy atom. The molecule has 0 unspecified atom stereocenters. The van der Waals surface area contributed by atoms with E-state index in [1.807, 2.05) is 5.43 Å². The Kier molecular flexibility index (Phi) is 4.86. The highest BCUT2D eigenvalue weighted by molar-refractivity contribution is 5.90. The molecule has 0 atom stereocenters. The van der Waals surface area contributed by atoms with Gasteiger partial charge in [-0.3, -0.25) is 10.2 Å². The molecule has 5 nitrogen and oxygen atoms in total. The van der Waals surface area contributed by atoms with Gasteiger partial charge in [-0.2, -0.15) is 0 Å². The first kappa shape index (κ1) is 11.7. The number of nitrogens with one attached hydrogen (secondary N) is 1. The van der Waals surface area contributed by atoms with E-state index >= 15 is 0 Å². The molecule has 15 heavy (non-hydrogen) atoms. The summed E-state index contributed by atoms with van der Waals surface area (Å²) < 4.78 is 10.5. The minimum absolute atomic E-state index is 0.201. The summed E-state index contributed by atoms with van der Waals surface area (Å²) in [4.78, 5) is 11.0. The first-order chi connectivity index (χ1) is 7.27. The van der Waals surface area contributed by atoms with Crippen molar-refractivity contribution in [3.63, 3.8) is 0 Å². The molecule has 1 aromatic rings. The molecule has 0 bridgehead atoms. The minimum atomic E-state index is -0.435. The van der Waals surface area contributed by atoms with Crippen molar-refractivity contribution in [3.8, 4) is 0 Å². The van der Waals surface area contributed by atoms with Gasteiger partial charge in [-0.25, -0.2) is 5.84 Å². The van der Waals surface area contributed by atoms with Crippen LogP contribution in [0.2, 0.25) is 0 Å². The van der Waals surface area contributed by atoms with Crippen LogP contribution in [0.15, 0.2) is 16.5 Å². The van der Waals surface area contributed by atoms with Crippen molar-refractivity contribution < 1.29 is 13.9 Å². The molecule has 0 saturated heterocycles. The van der Waals surface area contributed by atoms with Crippen molar-refractivity contribution in [2.75, 3.05) is 6.61 Å². The zero-order valence-electron chi connectivity index (χ0n) is 8.79. The predicted octanol–water partition coefficient (Wildman–Crippen LogP) is 1.20. The molecule has 3 N–H and O–H groups in total. The van der Waals surface area contributed by atoms with E-state index in [0.29, 0.717) is 19.0 Å². The normalized spacial score (nSPS) is 10.3. The number of hydrogen-bond acceptors (Lipinski definition) is 4. The van der Waals surface area contributed by atoms with Crippen LogP contribution in [0.1, 0.15) is 36.1 Å². The minimum Gasteiger partial charge on any atom is -0.453 e. The zero-order chi connectivity index (χ0) is 11.1. The summed E-state index contributed by atoms with van der Waals surface area (Å²) in [5.74, 6) is 5.36. The number of amides is 1. The molecule has 0 saturated carbocycles. The van der Waals surface area contributed by atoms with E-state index in [9.17, 15) is 4.79 Å². The SMILES string of the molecule is CCCCOCc1ccc(C(=O)NN)o1. The van der Waals surface area contributed by atoms with Crippen LogP contribution >= 0.6 is 0 Å². The van der Waals surface area contributed by atoms with E-state index in [0.717, 1.165) is 12.8 Å². The van der Waals surface area contributed by atoms with Gasteiger partial charge in [0, 0.05) is 6.61 Å². The third-order valence-electron chi connectivity index (χ3n) is 1.90. The number of unbranched alkanes of at least 4 members (excludes halogenated alkanes) is 1. The maximum Gasteiger partial charge on any atom is 0.300 e. The highest BCUT2D eigenvalue weighted by Gasteiger charge is 2.08. The van der Waals surface area contributed by atoms with Crippen LogP contribution in [0.4, 0.5) is 0 Å². The average molecular weight is 212 g/mol. The number of furan rings is 1. The van der Waals surface area contributed by atoms with Crippen LogP contribution < -0.4 is 11.3 Å². The monoisotopic (exact) mass is 212 g/mol. The van der Waals surface area contributed by atoms with E-state index < -0.39 is 5.91 Å². The van der Waals surface area contributed by atoms with Crippen LogP contribution in [0.3, 0.4) is 0 Å². The topological polar surface area (TPSA) is 77.5 Å². The van der Waals surface area contributed by atoms with Gasteiger partial charge >= 0.3 is 5.91 Å². The fraction of sp³-hybridized carbons (Fsp3) is 0.500. The van der Waals surface area contributed by atoms with Crippen molar-refractivity contribution in [3.05, 3.63) is 23.7 Å². The number of nitrogen functional groups attached to an aromatic ring is 1. The second-order valence-corrected chi connectivity index (χ2v) is 3.15. The van der Waals surface area contributed by atoms with Gasteiger partial charge in [0.2, 0.25) is 0 Å².